The van der Waals surface area contributed by atoms with Crippen LogP contribution < -0.4 is 10.6 Å². The number of nitrogens with two attached hydrogens (primary N) is 1. The third-order valence-electron chi connectivity index (χ3n) is 3.78. The zero-order valence-electron chi connectivity index (χ0n) is 11.6. The van der Waals surface area contributed by atoms with Crippen molar-refractivity contribution < 1.29 is 0 Å². The Bertz CT molecular complexity index is 464. The van der Waals surface area contributed by atoms with Crippen molar-refractivity contribution >= 4 is 23.0 Å². The van der Waals surface area contributed by atoms with Gasteiger partial charge in [-0.2, -0.15) is 5.10 Å². The number of aryl methyl sites for hydroxylation is 2. The van der Waals surface area contributed by atoms with E-state index in [1.165, 1.54) is 12.8 Å². The molecule has 5 heteroatoms. The molecular weight excluding hydrogens is 244 g/mol. The Morgan fingerprint density at radius 3 is 2.72 bits per heavy atom. The molecule has 1 aliphatic rings. The van der Waals surface area contributed by atoms with Crippen molar-refractivity contribution in [3.05, 3.63) is 11.3 Å². The summed E-state index contributed by atoms with van der Waals surface area (Å²) in [6.45, 7) is 7.58. The second kappa shape index (κ2) is 4.88. The Balaban J connectivity index is 2.47. The van der Waals surface area contributed by atoms with Gasteiger partial charge in [0.2, 0.25) is 0 Å². The van der Waals surface area contributed by atoms with E-state index in [2.05, 4.69) is 23.8 Å². The van der Waals surface area contributed by atoms with E-state index in [1.54, 1.807) is 0 Å². The Labute approximate surface area is 114 Å². The second-order valence-electron chi connectivity index (χ2n) is 5.42. The summed E-state index contributed by atoms with van der Waals surface area (Å²) in [7, 11) is 1.97. The normalized spacial score (nSPS) is 19.8. The highest BCUT2D eigenvalue weighted by molar-refractivity contribution is 7.80. The van der Waals surface area contributed by atoms with Crippen LogP contribution in [0.15, 0.2) is 0 Å². The van der Waals surface area contributed by atoms with Crippen LogP contribution in [0, 0.1) is 12.8 Å². The molecule has 0 saturated carbocycles. The zero-order chi connectivity index (χ0) is 13.4. The summed E-state index contributed by atoms with van der Waals surface area (Å²) >= 11 is 5.19. The van der Waals surface area contributed by atoms with Gasteiger partial charge in [0.05, 0.1) is 11.3 Å². The van der Waals surface area contributed by atoms with Crippen LogP contribution in [0.4, 0.5) is 5.82 Å². The minimum absolute atomic E-state index is 0.449. The van der Waals surface area contributed by atoms with Gasteiger partial charge in [0, 0.05) is 19.6 Å². The molecule has 0 aliphatic carbocycles. The third kappa shape index (κ3) is 2.11. The molecule has 2 rings (SSSR count). The molecule has 0 radical (unpaired) electrons. The minimum atomic E-state index is 0.449. The Hall–Kier alpha value is -1.10. The van der Waals surface area contributed by atoms with E-state index in [1.807, 2.05) is 18.7 Å². The standard InChI is InChI=1S/C13H22N4S/c1-8(2)10-6-5-7-17(10)13-11(12(14)18)9(3)15-16(13)4/h8,10H,5-7H2,1-4H3,(H2,14,18). The highest BCUT2D eigenvalue weighted by Gasteiger charge is 2.32. The first kappa shape index (κ1) is 13.3. The predicted octanol–water partition coefficient (Wildman–Crippen LogP) is 1.99. The van der Waals surface area contributed by atoms with Gasteiger partial charge in [-0.3, -0.25) is 4.68 Å². The maximum absolute atomic E-state index is 5.87. The van der Waals surface area contributed by atoms with E-state index in [-0.39, 0.29) is 0 Å². The van der Waals surface area contributed by atoms with Crippen LogP contribution >= 0.6 is 12.2 Å². The second-order valence-corrected chi connectivity index (χ2v) is 5.86. The first-order valence-corrected chi connectivity index (χ1v) is 6.94. The summed E-state index contributed by atoms with van der Waals surface area (Å²) < 4.78 is 1.92. The molecule has 1 unspecified atom stereocenters. The van der Waals surface area contributed by atoms with E-state index >= 15 is 0 Å². The topological polar surface area (TPSA) is 47.1 Å². The zero-order valence-corrected chi connectivity index (χ0v) is 12.4. The molecule has 1 aliphatic heterocycles. The largest absolute Gasteiger partial charge is 0.389 e. The summed E-state index contributed by atoms with van der Waals surface area (Å²) in [6, 6.07) is 0.563. The molecule has 1 atom stereocenters. The van der Waals surface area contributed by atoms with E-state index in [0.29, 0.717) is 16.9 Å². The lowest BCUT2D eigenvalue weighted by molar-refractivity contribution is 0.484. The number of aromatic nitrogens is 2. The molecule has 4 nitrogen and oxygen atoms in total. The molecule has 0 aromatic carbocycles. The minimum Gasteiger partial charge on any atom is -0.389 e. The summed E-state index contributed by atoms with van der Waals surface area (Å²) in [5.74, 6) is 1.72. The van der Waals surface area contributed by atoms with Gasteiger partial charge in [0.1, 0.15) is 10.8 Å². The lowest BCUT2D eigenvalue weighted by Crippen LogP contribution is -2.36. The van der Waals surface area contributed by atoms with Crippen LogP contribution in [0.3, 0.4) is 0 Å². The van der Waals surface area contributed by atoms with Crippen molar-refractivity contribution in [3.8, 4) is 0 Å². The summed E-state index contributed by atoms with van der Waals surface area (Å²) in [5, 5.41) is 4.48. The highest BCUT2D eigenvalue weighted by atomic mass is 32.1. The molecular formula is C13H22N4S. The van der Waals surface area contributed by atoms with Crippen LogP contribution in [-0.4, -0.2) is 27.4 Å². The number of rotatable bonds is 3. The van der Waals surface area contributed by atoms with Crippen molar-refractivity contribution in [3.63, 3.8) is 0 Å². The number of nitrogens with zero attached hydrogens (tertiary/aromatic N) is 3. The SMILES string of the molecule is Cc1nn(C)c(N2CCCC2C(C)C)c1C(N)=S. The number of anilines is 1. The van der Waals surface area contributed by atoms with E-state index in [0.717, 1.165) is 23.6 Å². The lowest BCUT2D eigenvalue weighted by Gasteiger charge is -2.30. The smallest absolute Gasteiger partial charge is 0.137 e. The Morgan fingerprint density at radius 1 is 1.50 bits per heavy atom. The summed E-state index contributed by atoms with van der Waals surface area (Å²) in [6.07, 6.45) is 2.46. The van der Waals surface area contributed by atoms with Crippen LogP contribution in [0.1, 0.15) is 37.9 Å². The van der Waals surface area contributed by atoms with Gasteiger partial charge < -0.3 is 10.6 Å². The van der Waals surface area contributed by atoms with E-state index < -0.39 is 0 Å². The summed E-state index contributed by atoms with van der Waals surface area (Å²) in [5.41, 5.74) is 7.74. The molecule has 0 spiro atoms. The fourth-order valence-corrected chi connectivity index (χ4v) is 3.25. The number of thiocarbonyl (C=S) groups is 1. The molecule has 1 fully saturated rings. The van der Waals surface area contributed by atoms with Gasteiger partial charge in [-0.15, -0.1) is 0 Å². The van der Waals surface area contributed by atoms with Gasteiger partial charge in [-0.25, -0.2) is 0 Å². The van der Waals surface area contributed by atoms with Gasteiger partial charge in [-0.1, -0.05) is 26.1 Å². The maximum Gasteiger partial charge on any atom is 0.137 e. The Morgan fingerprint density at radius 2 is 2.17 bits per heavy atom. The molecule has 0 bridgehead atoms. The van der Waals surface area contributed by atoms with Crippen molar-refractivity contribution in [1.82, 2.24) is 9.78 Å². The van der Waals surface area contributed by atoms with Crippen LogP contribution in [0.5, 0.6) is 0 Å². The van der Waals surface area contributed by atoms with Crippen molar-refractivity contribution in [2.24, 2.45) is 18.7 Å². The van der Waals surface area contributed by atoms with Gasteiger partial charge in [0.15, 0.2) is 0 Å². The first-order valence-electron chi connectivity index (χ1n) is 6.53. The third-order valence-corrected chi connectivity index (χ3v) is 3.98. The predicted molar refractivity (Wildman–Crippen MR) is 79.0 cm³/mol. The van der Waals surface area contributed by atoms with Crippen LogP contribution in [-0.2, 0) is 7.05 Å². The monoisotopic (exact) mass is 266 g/mol. The van der Waals surface area contributed by atoms with Gasteiger partial charge >= 0.3 is 0 Å². The van der Waals surface area contributed by atoms with E-state index in [4.69, 9.17) is 18.0 Å². The first-order chi connectivity index (χ1) is 8.43. The molecule has 18 heavy (non-hydrogen) atoms. The number of hydrogen-bond acceptors (Lipinski definition) is 3. The average molecular weight is 266 g/mol. The molecule has 1 aromatic heterocycles. The maximum atomic E-state index is 5.87. The van der Waals surface area contributed by atoms with Crippen molar-refractivity contribution in [1.29, 1.82) is 0 Å². The molecule has 2 N–H and O–H groups in total. The quantitative estimate of drug-likeness (QED) is 0.850. The lowest BCUT2D eigenvalue weighted by atomic mass is 10.0. The van der Waals surface area contributed by atoms with Crippen LogP contribution in [0.25, 0.3) is 0 Å². The van der Waals surface area contributed by atoms with Crippen molar-refractivity contribution in [2.75, 3.05) is 11.4 Å². The van der Waals surface area contributed by atoms with Crippen LogP contribution in [0.2, 0.25) is 0 Å². The van der Waals surface area contributed by atoms with Gasteiger partial charge in [0.25, 0.3) is 0 Å². The highest BCUT2D eigenvalue weighted by Crippen LogP contribution is 2.32. The summed E-state index contributed by atoms with van der Waals surface area (Å²) in [4.78, 5) is 2.88. The fraction of sp³-hybridized carbons (Fsp3) is 0.692. The van der Waals surface area contributed by atoms with E-state index in [9.17, 15) is 0 Å². The van der Waals surface area contributed by atoms with Gasteiger partial charge in [-0.05, 0) is 25.7 Å². The van der Waals surface area contributed by atoms with Crippen molar-refractivity contribution in [2.45, 2.75) is 39.7 Å². The average Bonchev–Trinajstić information content (AvgIpc) is 2.81. The fourth-order valence-electron chi connectivity index (χ4n) is 3.01. The molecule has 1 saturated heterocycles. The molecule has 100 valence electrons. The Kier molecular flexibility index (Phi) is 3.61. The molecule has 0 amide bonds. The number of hydrogen-bond donors (Lipinski definition) is 1. The molecule has 1 aromatic rings. The molecule has 2 heterocycles.